The van der Waals surface area contributed by atoms with E-state index >= 15 is 0 Å². The summed E-state index contributed by atoms with van der Waals surface area (Å²) >= 11 is 1.33. The third-order valence-corrected chi connectivity index (χ3v) is 5.99. The maximum absolute atomic E-state index is 12.9. The van der Waals surface area contributed by atoms with Gasteiger partial charge in [-0.3, -0.25) is 14.5 Å². The molecule has 1 aliphatic heterocycles. The molecular formula is C23H27N3O3S. The summed E-state index contributed by atoms with van der Waals surface area (Å²) in [6.45, 7) is 4.91. The number of amidine groups is 1. The number of hydrogen-bond donors (Lipinski definition) is 1. The van der Waals surface area contributed by atoms with Gasteiger partial charge in [0, 0.05) is 19.2 Å². The molecule has 3 rings (SSSR count). The van der Waals surface area contributed by atoms with Crippen LogP contribution in [0.4, 0.5) is 11.4 Å². The molecule has 0 bridgehead atoms. The zero-order valence-corrected chi connectivity index (χ0v) is 18.4. The minimum absolute atomic E-state index is 0.0919. The van der Waals surface area contributed by atoms with Crippen molar-refractivity contribution in [2.75, 3.05) is 25.6 Å². The minimum Gasteiger partial charge on any atom is -0.383 e. The van der Waals surface area contributed by atoms with E-state index in [2.05, 4.69) is 17.2 Å². The standard InChI is InChI=1S/C23H27N3O3S/c1-4-17-7-11-19(12-8-17)25-23-26(13-14-29-3)22(28)20(30-23)15-21(27)24-18-9-5-16(2)6-10-18/h5-12,20H,4,13-15H2,1-3H3,(H,24,27). The molecule has 2 aromatic carbocycles. The number of carbonyl (C=O) groups is 2. The van der Waals surface area contributed by atoms with Crippen LogP contribution in [0, 0.1) is 6.92 Å². The first kappa shape index (κ1) is 22.1. The van der Waals surface area contributed by atoms with Gasteiger partial charge in [0.1, 0.15) is 5.25 Å². The lowest BCUT2D eigenvalue weighted by molar-refractivity contribution is -0.128. The summed E-state index contributed by atoms with van der Waals surface area (Å²) in [4.78, 5) is 31.7. The van der Waals surface area contributed by atoms with Crippen molar-refractivity contribution in [3.63, 3.8) is 0 Å². The van der Waals surface area contributed by atoms with E-state index in [1.165, 1.54) is 17.3 Å². The molecule has 0 aromatic heterocycles. The molecule has 7 heteroatoms. The number of carbonyl (C=O) groups excluding carboxylic acids is 2. The molecule has 0 aliphatic carbocycles. The summed E-state index contributed by atoms with van der Waals surface area (Å²) < 4.78 is 5.15. The van der Waals surface area contributed by atoms with E-state index in [-0.39, 0.29) is 18.2 Å². The fraction of sp³-hybridized carbons (Fsp3) is 0.348. The van der Waals surface area contributed by atoms with E-state index in [0.717, 1.165) is 23.4 Å². The number of aryl methyl sites for hydroxylation is 2. The molecule has 2 amide bonds. The Labute approximate surface area is 181 Å². The maximum atomic E-state index is 12.9. The second kappa shape index (κ2) is 10.4. The Bertz CT molecular complexity index is 910. The average molecular weight is 426 g/mol. The van der Waals surface area contributed by atoms with Crippen LogP contribution >= 0.6 is 11.8 Å². The van der Waals surface area contributed by atoms with Crippen molar-refractivity contribution in [3.8, 4) is 0 Å². The Hall–Kier alpha value is -2.64. The fourth-order valence-corrected chi connectivity index (χ4v) is 4.23. The Balaban J connectivity index is 1.72. The highest BCUT2D eigenvalue weighted by Crippen LogP contribution is 2.32. The van der Waals surface area contributed by atoms with Crippen LogP contribution in [0.1, 0.15) is 24.5 Å². The Morgan fingerprint density at radius 3 is 2.50 bits per heavy atom. The van der Waals surface area contributed by atoms with Crippen molar-refractivity contribution in [1.29, 1.82) is 0 Å². The predicted octanol–water partition coefficient (Wildman–Crippen LogP) is 4.16. The molecule has 2 aromatic rings. The lowest BCUT2D eigenvalue weighted by Gasteiger charge is -2.15. The van der Waals surface area contributed by atoms with Crippen LogP contribution in [-0.4, -0.2) is 47.4 Å². The van der Waals surface area contributed by atoms with E-state index in [4.69, 9.17) is 4.74 Å². The summed E-state index contributed by atoms with van der Waals surface area (Å²) in [5.74, 6) is -0.301. The predicted molar refractivity (Wildman–Crippen MR) is 122 cm³/mol. The van der Waals surface area contributed by atoms with Crippen molar-refractivity contribution in [1.82, 2.24) is 4.90 Å². The maximum Gasteiger partial charge on any atom is 0.242 e. The molecule has 1 atom stereocenters. The van der Waals surface area contributed by atoms with Gasteiger partial charge in [0.2, 0.25) is 11.8 Å². The number of nitrogens with zero attached hydrogens (tertiary/aromatic N) is 2. The van der Waals surface area contributed by atoms with Crippen LogP contribution in [0.25, 0.3) is 0 Å². The number of ether oxygens (including phenoxy) is 1. The third-order valence-electron chi connectivity index (χ3n) is 4.81. The largest absolute Gasteiger partial charge is 0.383 e. The van der Waals surface area contributed by atoms with Gasteiger partial charge in [-0.25, -0.2) is 4.99 Å². The lowest BCUT2D eigenvalue weighted by atomic mass is 10.2. The van der Waals surface area contributed by atoms with Gasteiger partial charge in [0.15, 0.2) is 5.17 Å². The molecular weight excluding hydrogens is 398 g/mol. The smallest absolute Gasteiger partial charge is 0.242 e. The van der Waals surface area contributed by atoms with Crippen molar-refractivity contribution < 1.29 is 14.3 Å². The van der Waals surface area contributed by atoms with Crippen LogP contribution in [0.2, 0.25) is 0 Å². The van der Waals surface area contributed by atoms with Gasteiger partial charge in [-0.1, -0.05) is 48.5 Å². The molecule has 1 unspecified atom stereocenters. The number of thioether (sulfide) groups is 1. The van der Waals surface area contributed by atoms with Crippen molar-refractivity contribution in [2.45, 2.75) is 31.9 Å². The lowest BCUT2D eigenvalue weighted by Crippen LogP contribution is -2.35. The van der Waals surface area contributed by atoms with E-state index in [0.29, 0.717) is 18.3 Å². The first-order valence-corrected chi connectivity index (χ1v) is 10.9. The van der Waals surface area contributed by atoms with E-state index in [1.54, 1.807) is 12.0 Å². The zero-order chi connectivity index (χ0) is 21.5. The number of aliphatic imine (C=N–C) groups is 1. The summed E-state index contributed by atoms with van der Waals surface area (Å²) in [6, 6.07) is 15.5. The molecule has 0 spiro atoms. The van der Waals surface area contributed by atoms with Crippen LogP contribution in [-0.2, 0) is 20.7 Å². The second-order valence-electron chi connectivity index (χ2n) is 7.12. The van der Waals surface area contributed by atoms with Gasteiger partial charge in [-0.05, 0) is 43.2 Å². The highest BCUT2D eigenvalue weighted by Gasteiger charge is 2.39. The second-order valence-corrected chi connectivity index (χ2v) is 8.29. The highest BCUT2D eigenvalue weighted by molar-refractivity contribution is 8.15. The number of amides is 2. The topological polar surface area (TPSA) is 71.0 Å². The number of benzene rings is 2. The number of rotatable bonds is 8. The van der Waals surface area contributed by atoms with Gasteiger partial charge in [0.25, 0.3) is 0 Å². The molecule has 30 heavy (non-hydrogen) atoms. The first-order valence-electron chi connectivity index (χ1n) is 10.0. The fourth-order valence-electron chi connectivity index (χ4n) is 3.05. The zero-order valence-electron chi connectivity index (χ0n) is 17.6. The molecule has 1 fully saturated rings. The van der Waals surface area contributed by atoms with Crippen LogP contribution in [0.15, 0.2) is 53.5 Å². The van der Waals surface area contributed by atoms with Gasteiger partial charge >= 0.3 is 0 Å². The molecule has 6 nitrogen and oxygen atoms in total. The number of anilines is 1. The van der Waals surface area contributed by atoms with E-state index in [1.807, 2.05) is 55.5 Å². The summed E-state index contributed by atoms with van der Waals surface area (Å²) in [5, 5.41) is 2.97. The summed E-state index contributed by atoms with van der Waals surface area (Å²) in [5.41, 5.74) is 3.86. The number of hydrogen-bond acceptors (Lipinski definition) is 5. The van der Waals surface area contributed by atoms with Gasteiger partial charge in [-0.2, -0.15) is 0 Å². The molecule has 1 aliphatic rings. The van der Waals surface area contributed by atoms with Gasteiger partial charge in [-0.15, -0.1) is 0 Å². The third kappa shape index (κ3) is 5.70. The van der Waals surface area contributed by atoms with Crippen LogP contribution in [0.5, 0.6) is 0 Å². The molecule has 0 saturated carbocycles. The summed E-state index contributed by atoms with van der Waals surface area (Å²) in [7, 11) is 1.60. The number of methoxy groups -OCH3 is 1. The normalized spacial score (nSPS) is 17.6. The van der Waals surface area contributed by atoms with Crippen molar-refractivity contribution in [3.05, 3.63) is 59.7 Å². The molecule has 0 radical (unpaired) electrons. The van der Waals surface area contributed by atoms with Crippen LogP contribution < -0.4 is 5.32 Å². The van der Waals surface area contributed by atoms with Gasteiger partial charge in [0.05, 0.1) is 18.8 Å². The van der Waals surface area contributed by atoms with Crippen molar-refractivity contribution in [2.24, 2.45) is 4.99 Å². The van der Waals surface area contributed by atoms with E-state index in [9.17, 15) is 9.59 Å². The monoisotopic (exact) mass is 425 g/mol. The van der Waals surface area contributed by atoms with Gasteiger partial charge < -0.3 is 10.1 Å². The molecule has 158 valence electrons. The number of nitrogens with one attached hydrogen (secondary N) is 1. The van der Waals surface area contributed by atoms with E-state index < -0.39 is 5.25 Å². The molecule has 1 N–H and O–H groups in total. The first-order chi connectivity index (χ1) is 14.5. The summed E-state index contributed by atoms with van der Waals surface area (Å²) in [6.07, 6.45) is 1.05. The average Bonchev–Trinajstić information content (AvgIpc) is 3.02. The molecule has 1 heterocycles. The van der Waals surface area contributed by atoms with Crippen molar-refractivity contribution >= 4 is 40.1 Å². The SMILES string of the molecule is CCc1ccc(N=C2SC(CC(=O)Nc3ccc(C)cc3)C(=O)N2CCOC)cc1. The quantitative estimate of drug-likeness (QED) is 0.689. The highest BCUT2D eigenvalue weighted by atomic mass is 32.2. The Morgan fingerprint density at radius 2 is 1.87 bits per heavy atom. The molecule has 1 saturated heterocycles. The van der Waals surface area contributed by atoms with Crippen LogP contribution in [0.3, 0.4) is 0 Å². The Morgan fingerprint density at radius 1 is 1.17 bits per heavy atom. The minimum atomic E-state index is -0.499. The Kier molecular flexibility index (Phi) is 7.65.